The highest BCUT2D eigenvalue weighted by Gasteiger charge is 2.19. The molecule has 1 aromatic heterocycles. The highest BCUT2D eigenvalue weighted by molar-refractivity contribution is 5.76. The molecule has 1 aliphatic heterocycles. The lowest BCUT2D eigenvalue weighted by Gasteiger charge is -2.04. The highest BCUT2D eigenvalue weighted by Crippen LogP contribution is 2.31. The lowest BCUT2D eigenvalue weighted by molar-refractivity contribution is -0.121. The first-order valence-electron chi connectivity index (χ1n) is 8.59. The zero-order valence-electron chi connectivity index (χ0n) is 14.8. The van der Waals surface area contributed by atoms with Crippen molar-refractivity contribution in [2.45, 2.75) is 19.4 Å². The zero-order chi connectivity index (χ0) is 20.4. The number of hydrogen-bond donors (Lipinski definition) is 2. The maximum absolute atomic E-state index is 13.8. The third-order valence-corrected chi connectivity index (χ3v) is 4.27. The Bertz CT molecular complexity index is 1070. The summed E-state index contributed by atoms with van der Waals surface area (Å²) in [6, 6.07) is 8.03. The number of aryl methyl sites for hydroxylation is 1. The standard InChI is InChI=1S/C19H14F3N3O4/c20-12-3-4-13(21)19(22)18(12)14-8-11(27-24-14)9-23-17(26)6-2-10-1-5-15-16(7-10)29-25-28-15/h1,3-5,7-8,25H,2,6,9H2,(H,23,26). The number of nitrogens with one attached hydrogen (secondary N) is 2. The van der Waals surface area contributed by atoms with E-state index in [-0.39, 0.29) is 30.3 Å². The fourth-order valence-electron chi connectivity index (χ4n) is 2.79. The molecule has 1 amide bonds. The number of hydrogen-bond acceptors (Lipinski definition) is 6. The van der Waals surface area contributed by atoms with Crippen LogP contribution in [-0.2, 0) is 17.8 Å². The van der Waals surface area contributed by atoms with Gasteiger partial charge in [0, 0.05) is 18.1 Å². The summed E-state index contributed by atoms with van der Waals surface area (Å²) in [5.74, 6) is -2.51. The fourth-order valence-corrected chi connectivity index (χ4v) is 2.79. The molecule has 0 aliphatic carbocycles. The van der Waals surface area contributed by atoms with Gasteiger partial charge in [0.25, 0.3) is 0 Å². The molecule has 0 unspecified atom stereocenters. The molecule has 0 spiro atoms. The Balaban J connectivity index is 1.33. The number of carbonyl (C=O) groups is 1. The van der Waals surface area contributed by atoms with E-state index in [1.54, 1.807) is 12.1 Å². The summed E-state index contributed by atoms with van der Waals surface area (Å²) in [6.45, 7) is -0.0323. The zero-order valence-corrected chi connectivity index (χ0v) is 14.8. The van der Waals surface area contributed by atoms with E-state index >= 15 is 0 Å². The van der Waals surface area contributed by atoms with E-state index in [1.165, 1.54) is 6.07 Å². The molecule has 0 atom stereocenters. The van der Waals surface area contributed by atoms with Crippen molar-refractivity contribution in [2.24, 2.45) is 0 Å². The summed E-state index contributed by atoms with van der Waals surface area (Å²) in [5, 5.41) is 6.17. The predicted molar refractivity (Wildman–Crippen MR) is 92.8 cm³/mol. The maximum Gasteiger partial charge on any atom is 0.220 e. The van der Waals surface area contributed by atoms with Crippen molar-refractivity contribution < 1.29 is 32.2 Å². The quantitative estimate of drug-likeness (QED) is 0.613. The molecule has 3 aromatic rings. The monoisotopic (exact) mass is 405 g/mol. The molecule has 2 heterocycles. The van der Waals surface area contributed by atoms with E-state index in [1.807, 2.05) is 6.07 Å². The molecule has 7 nitrogen and oxygen atoms in total. The van der Waals surface area contributed by atoms with Crippen molar-refractivity contribution in [1.82, 2.24) is 16.1 Å². The van der Waals surface area contributed by atoms with Gasteiger partial charge in [0.15, 0.2) is 28.9 Å². The van der Waals surface area contributed by atoms with Crippen LogP contribution in [0, 0.1) is 17.5 Å². The molecule has 0 radical (unpaired) electrons. The number of carbonyl (C=O) groups excluding carboxylic acids is 1. The van der Waals surface area contributed by atoms with Crippen molar-refractivity contribution in [3.63, 3.8) is 0 Å². The van der Waals surface area contributed by atoms with E-state index < -0.39 is 23.0 Å². The highest BCUT2D eigenvalue weighted by atomic mass is 19.2. The van der Waals surface area contributed by atoms with Gasteiger partial charge in [-0.05, 0) is 36.2 Å². The van der Waals surface area contributed by atoms with Crippen LogP contribution in [0.15, 0.2) is 40.9 Å². The molecule has 0 fully saturated rings. The maximum atomic E-state index is 13.8. The fraction of sp³-hybridized carbons (Fsp3) is 0.158. The minimum absolute atomic E-state index is 0.0323. The first-order chi connectivity index (χ1) is 14.0. The smallest absolute Gasteiger partial charge is 0.220 e. The SMILES string of the molecule is O=C(CCc1ccc2c(c1)ONO2)NCc1cc(-c2c(F)ccc(F)c2F)no1. The second-order valence-corrected chi connectivity index (χ2v) is 6.24. The van der Waals surface area contributed by atoms with Crippen molar-refractivity contribution in [3.8, 4) is 22.8 Å². The van der Waals surface area contributed by atoms with Crippen LogP contribution in [0.3, 0.4) is 0 Å². The average Bonchev–Trinajstić information content (AvgIpc) is 3.37. The molecule has 4 rings (SSSR count). The minimum Gasteiger partial charge on any atom is -0.370 e. The van der Waals surface area contributed by atoms with Crippen molar-refractivity contribution >= 4 is 5.91 Å². The van der Waals surface area contributed by atoms with Crippen molar-refractivity contribution in [1.29, 1.82) is 0 Å². The topological polar surface area (TPSA) is 85.6 Å². The van der Waals surface area contributed by atoms with Gasteiger partial charge in [0.1, 0.15) is 11.5 Å². The van der Waals surface area contributed by atoms with Gasteiger partial charge in [0.2, 0.25) is 5.91 Å². The normalized spacial score (nSPS) is 12.2. The van der Waals surface area contributed by atoms with E-state index in [9.17, 15) is 18.0 Å². The van der Waals surface area contributed by atoms with E-state index in [0.29, 0.717) is 24.0 Å². The third kappa shape index (κ3) is 4.02. The number of benzene rings is 2. The third-order valence-electron chi connectivity index (χ3n) is 4.27. The summed E-state index contributed by atoms with van der Waals surface area (Å²) < 4.78 is 45.9. The van der Waals surface area contributed by atoms with Crippen LogP contribution in [0.4, 0.5) is 13.2 Å². The number of rotatable bonds is 6. The van der Waals surface area contributed by atoms with Gasteiger partial charge in [-0.3, -0.25) is 4.79 Å². The Morgan fingerprint density at radius 1 is 1.03 bits per heavy atom. The van der Waals surface area contributed by atoms with Gasteiger partial charge < -0.3 is 19.5 Å². The van der Waals surface area contributed by atoms with Crippen LogP contribution < -0.4 is 20.6 Å². The minimum atomic E-state index is -1.35. The number of amides is 1. The second kappa shape index (κ2) is 7.84. The number of aromatic nitrogens is 1. The van der Waals surface area contributed by atoms with Gasteiger partial charge in [0.05, 0.1) is 12.1 Å². The molecule has 2 N–H and O–H groups in total. The Kier molecular flexibility index (Phi) is 5.09. The Hall–Kier alpha value is -3.53. The molecule has 10 heteroatoms. The lowest BCUT2D eigenvalue weighted by Crippen LogP contribution is -2.22. The van der Waals surface area contributed by atoms with Gasteiger partial charge in [-0.1, -0.05) is 11.2 Å². The van der Waals surface area contributed by atoms with Crippen LogP contribution in [0.5, 0.6) is 11.5 Å². The van der Waals surface area contributed by atoms with Gasteiger partial charge in [-0.25, -0.2) is 13.2 Å². The average molecular weight is 405 g/mol. The molecule has 0 saturated heterocycles. The summed E-state index contributed by atoms with van der Waals surface area (Å²) in [7, 11) is 0. The van der Waals surface area contributed by atoms with Crippen molar-refractivity contribution in [2.75, 3.05) is 0 Å². The summed E-state index contributed by atoms with van der Waals surface area (Å²) in [5.41, 5.74) is 2.34. The molecule has 2 aromatic carbocycles. The molecule has 1 aliphatic rings. The molecule has 0 bridgehead atoms. The number of nitrogens with zero attached hydrogens (tertiary/aromatic N) is 1. The van der Waals surface area contributed by atoms with Crippen LogP contribution in [0.25, 0.3) is 11.3 Å². The van der Waals surface area contributed by atoms with Crippen LogP contribution in [0.2, 0.25) is 0 Å². The van der Waals surface area contributed by atoms with Gasteiger partial charge in [-0.2, -0.15) is 0 Å². The van der Waals surface area contributed by atoms with E-state index in [0.717, 1.165) is 11.6 Å². The molecular formula is C19H14F3N3O4. The van der Waals surface area contributed by atoms with Gasteiger partial charge >= 0.3 is 0 Å². The predicted octanol–water partition coefficient (Wildman–Crippen LogP) is 3.20. The molecule has 150 valence electrons. The number of halogens is 3. The van der Waals surface area contributed by atoms with Crippen LogP contribution >= 0.6 is 0 Å². The lowest BCUT2D eigenvalue weighted by atomic mass is 10.1. The molecular weight excluding hydrogens is 391 g/mol. The summed E-state index contributed by atoms with van der Waals surface area (Å²) in [6.07, 6.45) is 0.658. The van der Waals surface area contributed by atoms with E-state index in [4.69, 9.17) is 14.2 Å². The van der Waals surface area contributed by atoms with Crippen molar-refractivity contribution in [3.05, 3.63) is 65.2 Å². The molecule has 0 saturated carbocycles. The first-order valence-corrected chi connectivity index (χ1v) is 8.59. The Morgan fingerprint density at radius 3 is 2.69 bits per heavy atom. The van der Waals surface area contributed by atoms with Crippen LogP contribution in [-0.4, -0.2) is 11.1 Å². The second-order valence-electron chi connectivity index (χ2n) is 6.24. The van der Waals surface area contributed by atoms with Gasteiger partial charge in [-0.15, -0.1) is 0 Å². The largest absolute Gasteiger partial charge is 0.370 e. The van der Waals surface area contributed by atoms with Crippen LogP contribution in [0.1, 0.15) is 17.7 Å². The first kappa shape index (κ1) is 18.8. The molecule has 29 heavy (non-hydrogen) atoms. The summed E-state index contributed by atoms with van der Waals surface area (Å²) in [4.78, 5) is 22.1. The Labute approximate surface area is 162 Å². The Morgan fingerprint density at radius 2 is 1.83 bits per heavy atom. The number of fused-ring (bicyclic) bond motifs is 1. The van der Waals surface area contributed by atoms with E-state index in [2.05, 4.69) is 16.1 Å². The summed E-state index contributed by atoms with van der Waals surface area (Å²) >= 11 is 0.